The van der Waals surface area contributed by atoms with Gasteiger partial charge in [-0.1, -0.05) is 29.8 Å². The fourth-order valence-electron chi connectivity index (χ4n) is 1.00. The van der Waals surface area contributed by atoms with Gasteiger partial charge in [-0.3, -0.25) is 0 Å². The smallest absolute Gasteiger partial charge is 0.340 e. The zero-order valence-corrected chi connectivity index (χ0v) is 7.61. The lowest BCUT2D eigenvalue weighted by Crippen LogP contribution is -2.31. The minimum Gasteiger partial charge on any atom is -0.479 e. The van der Waals surface area contributed by atoms with Crippen molar-refractivity contribution in [2.24, 2.45) is 0 Å². The van der Waals surface area contributed by atoms with E-state index in [4.69, 9.17) is 5.11 Å². The van der Waals surface area contributed by atoms with Crippen LogP contribution in [0.5, 0.6) is 0 Å². The Kier molecular flexibility index (Phi) is 2.38. The SMILES string of the molecule is Cc1ccc([C@](C)(O)C(=O)O)cc1. The first-order valence-electron chi connectivity index (χ1n) is 3.97. The summed E-state index contributed by atoms with van der Waals surface area (Å²) in [6.45, 7) is 3.17. The maximum atomic E-state index is 10.7. The molecule has 1 atom stereocenters. The van der Waals surface area contributed by atoms with Crippen LogP contribution in [0.15, 0.2) is 24.3 Å². The van der Waals surface area contributed by atoms with Gasteiger partial charge in [0, 0.05) is 0 Å². The second-order valence-corrected chi connectivity index (χ2v) is 3.24. The summed E-state index contributed by atoms with van der Waals surface area (Å²) in [5.41, 5.74) is -0.371. The van der Waals surface area contributed by atoms with Crippen LogP contribution in [0.1, 0.15) is 18.1 Å². The molecule has 0 amide bonds. The average Bonchev–Trinajstić information content (AvgIpc) is 2.04. The van der Waals surface area contributed by atoms with E-state index in [1.54, 1.807) is 24.3 Å². The number of aliphatic carboxylic acids is 1. The van der Waals surface area contributed by atoms with E-state index in [9.17, 15) is 9.90 Å². The number of carbonyl (C=O) groups is 1. The third-order valence-corrected chi connectivity index (χ3v) is 2.03. The normalized spacial score (nSPS) is 15.0. The third kappa shape index (κ3) is 1.87. The first kappa shape index (κ1) is 9.74. The number of benzene rings is 1. The molecular weight excluding hydrogens is 168 g/mol. The first-order chi connectivity index (χ1) is 5.94. The largest absolute Gasteiger partial charge is 0.479 e. The maximum Gasteiger partial charge on any atom is 0.340 e. The molecule has 0 bridgehead atoms. The highest BCUT2D eigenvalue weighted by atomic mass is 16.4. The Morgan fingerprint density at radius 3 is 2.15 bits per heavy atom. The van der Waals surface area contributed by atoms with Crippen LogP contribution in [0, 0.1) is 6.92 Å². The van der Waals surface area contributed by atoms with E-state index < -0.39 is 11.6 Å². The van der Waals surface area contributed by atoms with E-state index in [1.165, 1.54) is 6.92 Å². The summed E-state index contributed by atoms with van der Waals surface area (Å²) in [4.78, 5) is 10.7. The molecule has 2 N–H and O–H groups in total. The molecule has 1 aromatic carbocycles. The molecule has 0 aromatic heterocycles. The maximum absolute atomic E-state index is 10.7. The molecule has 3 nitrogen and oxygen atoms in total. The van der Waals surface area contributed by atoms with Crippen molar-refractivity contribution in [2.75, 3.05) is 0 Å². The molecule has 0 unspecified atom stereocenters. The molecule has 0 radical (unpaired) electrons. The van der Waals surface area contributed by atoms with Crippen molar-refractivity contribution in [3.8, 4) is 0 Å². The molecule has 0 saturated carbocycles. The summed E-state index contributed by atoms with van der Waals surface area (Å²) in [6, 6.07) is 6.77. The Labute approximate surface area is 76.6 Å². The van der Waals surface area contributed by atoms with Crippen LogP contribution < -0.4 is 0 Å². The number of hydrogen-bond donors (Lipinski definition) is 2. The van der Waals surface area contributed by atoms with Gasteiger partial charge in [0.05, 0.1) is 0 Å². The number of rotatable bonds is 2. The Hall–Kier alpha value is -1.35. The zero-order valence-electron chi connectivity index (χ0n) is 7.61. The van der Waals surface area contributed by atoms with Crippen LogP contribution in [0.25, 0.3) is 0 Å². The van der Waals surface area contributed by atoms with E-state index in [-0.39, 0.29) is 0 Å². The monoisotopic (exact) mass is 180 g/mol. The molecule has 13 heavy (non-hydrogen) atoms. The van der Waals surface area contributed by atoms with E-state index in [1.807, 2.05) is 6.92 Å². The standard InChI is InChI=1S/C10H12O3/c1-7-3-5-8(6-4-7)10(2,13)9(11)12/h3-6,13H,1-2H3,(H,11,12)/t10-/m0/s1. The van der Waals surface area contributed by atoms with Gasteiger partial charge in [0.2, 0.25) is 0 Å². The number of carboxylic acid groups (broad SMARTS) is 1. The van der Waals surface area contributed by atoms with E-state index >= 15 is 0 Å². The fourth-order valence-corrected chi connectivity index (χ4v) is 1.00. The minimum atomic E-state index is -1.80. The van der Waals surface area contributed by atoms with Crippen LogP contribution >= 0.6 is 0 Å². The number of aliphatic hydroxyl groups is 1. The number of hydrogen-bond acceptors (Lipinski definition) is 2. The molecule has 0 saturated heterocycles. The van der Waals surface area contributed by atoms with Gasteiger partial charge in [0.1, 0.15) is 0 Å². The summed E-state index contributed by atoms with van der Waals surface area (Å²) < 4.78 is 0. The molecule has 0 aliphatic rings. The second-order valence-electron chi connectivity index (χ2n) is 3.24. The van der Waals surface area contributed by atoms with Crippen molar-refractivity contribution in [1.82, 2.24) is 0 Å². The molecule has 0 spiro atoms. The van der Waals surface area contributed by atoms with Crippen LogP contribution in [0.4, 0.5) is 0 Å². The molecular formula is C10H12O3. The summed E-state index contributed by atoms with van der Waals surface area (Å²) in [7, 11) is 0. The van der Waals surface area contributed by atoms with Crippen LogP contribution in [-0.4, -0.2) is 16.2 Å². The topological polar surface area (TPSA) is 57.5 Å². The summed E-state index contributed by atoms with van der Waals surface area (Å²) in [6.07, 6.45) is 0. The van der Waals surface area contributed by atoms with Crippen LogP contribution in [0.3, 0.4) is 0 Å². The van der Waals surface area contributed by atoms with Crippen molar-refractivity contribution >= 4 is 5.97 Å². The summed E-state index contributed by atoms with van der Waals surface area (Å²) >= 11 is 0. The predicted molar refractivity (Wildman–Crippen MR) is 48.4 cm³/mol. The van der Waals surface area contributed by atoms with Gasteiger partial charge in [-0.2, -0.15) is 0 Å². The van der Waals surface area contributed by atoms with Crippen molar-refractivity contribution < 1.29 is 15.0 Å². The Morgan fingerprint density at radius 1 is 1.31 bits per heavy atom. The van der Waals surface area contributed by atoms with Gasteiger partial charge >= 0.3 is 5.97 Å². The van der Waals surface area contributed by atoms with Crippen molar-refractivity contribution in [2.45, 2.75) is 19.4 Å². The average molecular weight is 180 g/mol. The van der Waals surface area contributed by atoms with Crippen molar-refractivity contribution in [3.63, 3.8) is 0 Å². The van der Waals surface area contributed by atoms with Gasteiger partial charge < -0.3 is 10.2 Å². The van der Waals surface area contributed by atoms with Gasteiger partial charge in [0.15, 0.2) is 5.60 Å². The molecule has 70 valence electrons. The first-order valence-corrected chi connectivity index (χ1v) is 3.97. The zero-order chi connectivity index (χ0) is 10.1. The van der Waals surface area contributed by atoms with Crippen molar-refractivity contribution in [3.05, 3.63) is 35.4 Å². The Bertz CT molecular complexity index is 311. The summed E-state index contributed by atoms with van der Waals surface area (Å²) in [5, 5.41) is 18.3. The molecule has 3 heteroatoms. The minimum absolute atomic E-state index is 0.394. The lowest BCUT2D eigenvalue weighted by Gasteiger charge is -2.18. The summed E-state index contributed by atoms with van der Waals surface area (Å²) in [5.74, 6) is -1.24. The lowest BCUT2D eigenvalue weighted by molar-refractivity contribution is -0.157. The second kappa shape index (κ2) is 3.18. The molecule has 0 aliphatic carbocycles. The Balaban J connectivity index is 3.08. The lowest BCUT2D eigenvalue weighted by atomic mass is 9.95. The predicted octanol–water partition coefficient (Wildman–Crippen LogP) is 1.29. The quantitative estimate of drug-likeness (QED) is 0.721. The molecule has 0 fully saturated rings. The molecule has 0 aliphatic heterocycles. The third-order valence-electron chi connectivity index (χ3n) is 2.03. The van der Waals surface area contributed by atoms with Gasteiger partial charge in [0.25, 0.3) is 0 Å². The highest BCUT2D eigenvalue weighted by Crippen LogP contribution is 2.20. The van der Waals surface area contributed by atoms with E-state index in [0.717, 1.165) is 5.56 Å². The highest BCUT2D eigenvalue weighted by molar-refractivity contribution is 5.78. The molecule has 0 heterocycles. The molecule has 1 aromatic rings. The molecule has 1 rings (SSSR count). The van der Waals surface area contributed by atoms with Crippen molar-refractivity contribution in [1.29, 1.82) is 0 Å². The Morgan fingerprint density at radius 2 is 1.77 bits per heavy atom. The van der Waals surface area contributed by atoms with Crippen LogP contribution in [0.2, 0.25) is 0 Å². The van der Waals surface area contributed by atoms with E-state index in [2.05, 4.69) is 0 Å². The van der Waals surface area contributed by atoms with Crippen LogP contribution in [-0.2, 0) is 10.4 Å². The number of aryl methyl sites for hydroxylation is 1. The van der Waals surface area contributed by atoms with Gasteiger partial charge in [-0.25, -0.2) is 4.79 Å². The fraction of sp³-hybridized carbons (Fsp3) is 0.300. The van der Waals surface area contributed by atoms with Gasteiger partial charge in [-0.15, -0.1) is 0 Å². The van der Waals surface area contributed by atoms with E-state index in [0.29, 0.717) is 5.56 Å². The van der Waals surface area contributed by atoms with Gasteiger partial charge in [-0.05, 0) is 19.4 Å². The highest BCUT2D eigenvalue weighted by Gasteiger charge is 2.31. The number of carboxylic acids is 1.